The minimum atomic E-state index is 0.438. The fraction of sp³-hybridized carbons (Fsp3) is 0.529. The average Bonchev–Trinajstić information content (AvgIpc) is 2.79. The molecule has 1 aromatic heterocycles. The molecule has 1 aliphatic carbocycles. The lowest BCUT2D eigenvalue weighted by Crippen LogP contribution is -2.25. The molecule has 112 valence electrons. The van der Waals surface area contributed by atoms with Crippen LogP contribution in [0, 0.1) is 5.41 Å². The quantitative estimate of drug-likeness (QED) is 0.312. The van der Waals surface area contributed by atoms with Crippen LogP contribution >= 0.6 is 27.7 Å². The van der Waals surface area contributed by atoms with Gasteiger partial charge in [0.05, 0.1) is 5.52 Å². The zero-order valence-corrected chi connectivity index (χ0v) is 14.6. The van der Waals surface area contributed by atoms with Crippen molar-refractivity contribution in [2.75, 3.05) is 11.1 Å². The van der Waals surface area contributed by atoms with Crippen molar-refractivity contribution in [3.8, 4) is 0 Å². The van der Waals surface area contributed by atoms with Crippen LogP contribution in [0.4, 0.5) is 0 Å². The van der Waals surface area contributed by atoms with E-state index in [1.807, 2.05) is 17.8 Å². The summed E-state index contributed by atoms with van der Waals surface area (Å²) in [6.45, 7) is 0. The van der Waals surface area contributed by atoms with Gasteiger partial charge in [0.2, 0.25) is 0 Å². The zero-order valence-electron chi connectivity index (χ0n) is 12.2. The third kappa shape index (κ3) is 3.59. The Balaban J connectivity index is 1.78. The molecule has 0 saturated heterocycles. The van der Waals surface area contributed by atoms with Crippen molar-refractivity contribution in [2.45, 2.75) is 43.6 Å². The standard InChI is InChI=1S/C17H21BrN2S/c18-11-17(9-5-1-2-6-10-17)12-21-16-14-7-3-4-8-15(14)19-13-20-16/h3-4,7-8,13H,1-2,5-6,9-12H2. The summed E-state index contributed by atoms with van der Waals surface area (Å²) < 4.78 is 0. The van der Waals surface area contributed by atoms with Crippen molar-refractivity contribution in [1.29, 1.82) is 0 Å². The van der Waals surface area contributed by atoms with Crippen LogP contribution in [0.15, 0.2) is 35.6 Å². The molecule has 3 rings (SSSR count). The second-order valence-corrected chi connectivity index (χ2v) is 7.56. The molecule has 2 nitrogen and oxygen atoms in total. The molecule has 0 spiro atoms. The van der Waals surface area contributed by atoms with Gasteiger partial charge in [-0.1, -0.05) is 59.8 Å². The molecule has 4 heteroatoms. The maximum absolute atomic E-state index is 4.52. The smallest absolute Gasteiger partial charge is 0.117 e. The first-order valence-corrected chi connectivity index (χ1v) is 9.82. The topological polar surface area (TPSA) is 25.8 Å². The molecule has 1 heterocycles. The molecule has 1 aromatic carbocycles. The molecule has 0 unspecified atom stereocenters. The normalized spacial score (nSPS) is 18.5. The van der Waals surface area contributed by atoms with Gasteiger partial charge in [-0.2, -0.15) is 0 Å². The van der Waals surface area contributed by atoms with E-state index in [0.29, 0.717) is 5.41 Å². The molecule has 0 atom stereocenters. The van der Waals surface area contributed by atoms with Crippen LogP contribution in [0.1, 0.15) is 38.5 Å². The summed E-state index contributed by atoms with van der Waals surface area (Å²) in [6, 6.07) is 8.30. The Morgan fingerprint density at radius 1 is 1.05 bits per heavy atom. The Kier molecular flexibility index (Phi) is 5.17. The minimum Gasteiger partial charge on any atom is -0.236 e. The predicted molar refractivity (Wildman–Crippen MR) is 94.2 cm³/mol. The Morgan fingerprint density at radius 2 is 1.81 bits per heavy atom. The van der Waals surface area contributed by atoms with Gasteiger partial charge in [-0.15, -0.1) is 11.8 Å². The molecule has 0 bridgehead atoms. The highest BCUT2D eigenvalue weighted by atomic mass is 79.9. The van der Waals surface area contributed by atoms with Gasteiger partial charge in [0.1, 0.15) is 11.4 Å². The van der Waals surface area contributed by atoms with Crippen LogP contribution in [0.3, 0.4) is 0 Å². The van der Waals surface area contributed by atoms with Gasteiger partial charge in [-0.25, -0.2) is 9.97 Å². The van der Waals surface area contributed by atoms with Gasteiger partial charge in [-0.05, 0) is 24.3 Å². The number of benzene rings is 1. The number of fused-ring (bicyclic) bond motifs is 1. The largest absolute Gasteiger partial charge is 0.236 e. The lowest BCUT2D eigenvalue weighted by Gasteiger charge is -2.30. The van der Waals surface area contributed by atoms with E-state index < -0.39 is 0 Å². The molecule has 0 aliphatic heterocycles. The zero-order chi connectivity index (χ0) is 14.5. The molecule has 1 aliphatic rings. The molecular formula is C17H21BrN2S. The third-order valence-corrected chi connectivity index (χ3v) is 7.01. The second-order valence-electron chi connectivity index (χ2n) is 6.03. The average molecular weight is 365 g/mol. The maximum atomic E-state index is 4.52. The number of halogens is 1. The minimum absolute atomic E-state index is 0.438. The van der Waals surface area contributed by atoms with Crippen molar-refractivity contribution in [1.82, 2.24) is 9.97 Å². The van der Waals surface area contributed by atoms with E-state index >= 15 is 0 Å². The monoisotopic (exact) mass is 364 g/mol. The van der Waals surface area contributed by atoms with Crippen LogP contribution in [-0.4, -0.2) is 21.1 Å². The van der Waals surface area contributed by atoms with Gasteiger partial charge in [0, 0.05) is 16.5 Å². The summed E-state index contributed by atoms with van der Waals surface area (Å²) in [6.07, 6.45) is 9.92. The summed E-state index contributed by atoms with van der Waals surface area (Å²) in [7, 11) is 0. The number of nitrogens with zero attached hydrogens (tertiary/aromatic N) is 2. The van der Waals surface area contributed by atoms with Crippen LogP contribution in [0.25, 0.3) is 10.9 Å². The number of para-hydroxylation sites is 1. The molecule has 1 saturated carbocycles. The molecule has 21 heavy (non-hydrogen) atoms. The highest BCUT2D eigenvalue weighted by Gasteiger charge is 2.30. The summed E-state index contributed by atoms with van der Waals surface area (Å²) in [5.74, 6) is 1.15. The molecule has 0 radical (unpaired) electrons. The van der Waals surface area contributed by atoms with E-state index in [9.17, 15) is 0 Å². The van der Waals surface area contributed by atoms with Crippen molar-refractivity contribution in [2.24, 2.45) is 5.41 Å². The van der Waals surface area contributed by atoms with Crippen LogP contribution in [0.5, 0.6) is 0 Å². The second kappa shape index (κ2) is 7.10. The highest BCUT2D eigenvalue weighted by molar-refractivity contribution is 9.09. The van der Waals surface area contributed by atoms with Gasteiger partial charge >= 0.3 is 0 Å². The molecule has 0 amide bonds. The van der Waals surface area contributed by atoms with Gasteiger partial charge in [-0.3, -0.25) is 0 Å². The van der Waals surface area contributed by atoms with Gasteiger partial charge < -0.3 is 0 Å². The highest BCUT2D eigenvalue weighted by Crippen LogP contribution is 2.41. The first-order valence-electron chi connectivity index (χ1n) is 7.72. The predicted octanol–water partition coefficient (Wildman–Crippen LogP) is 5.46. The molecule has 2 aromatic rings. The Bertz CT molecular complexity index is 589. The number of hydrogen-bond donors (Lipinski definition) is 0. The fourth-order valence-corrected chi connectivity index (χ4v) is 5.42. The molecular weight excluding hydrogens is 344 g/mol. The Hall–Kier alpha value is -0.610. The summed E-state index contributed by atoms with van der Waals surface area (Å²) >= 11 is 5.69. The lowest BCUT2D eigenvalue weighted by atomic mass is 9.85. The van der Waals surface area contributed by atoms with E-state index in [1.165, 1.54) is 43.9 Å². The summed E-state index contributed by atoms with van der Waals surface area (Å²) in [5.41, 5.74) is 1.48. The fourth-order valence-electron chi connectivity index (χ4n) is 3.11. The van der Waals surface area contributed by atoms with Crippen molar-refractivity contribution >= 4 is 38.6 Å². The number of thioether (sulfide) groups is 1. The number of hydrogen-bond acceptors (Lipinski definition) is 3. The summed E-state index contributed by atoms with van der Waals surface area (Å²) in [4.78, 5) is 8.87. The van der Waals surface area contributed by atoms with Gasteiger partial charge in [0.15, 0.2) is 0 Å². The number of rotatable bonds is 4. The Labute approximate surface area is 139 Å². The summed E-state index contributed by atoms with van der Waals surface area (Å²) in [5, 5.41) is 3.42. The van der Waals surface area contributed by atoms with Gasteiger partial charge in [0.25, 0.3) is 0 Å². The first-order chi connectivity index (χ1) is 10.3. The molecule has 1 fully saturated rings. The van der Waals surface area contributed by atoms with Crippen molar-refractivity contribution in [3.05, 3.63) is 30.6 Å². The van der Waals surface area contributed by atoms with E-state index in [2.05, 4.69) is 44.1 Å². The van der Waals surface area contributed by atoms with Crippen LogP contribution in [-0.2, 0) is 0 Å². The SMILES string of the molecule is BrCC1(CSc2ncnc3ccccc23)CCCCCC1. The Morgan fingerprint density at radius 3 is 2.57 bits per heavy atom. The molecule has 0 N–H and O–H groups in total. The van der Waals surface area contributed by atoms with E-state index in [0.717, 1.165) is 21.6 Å². The van der Waals surface area contributed by atoms with Crippen LogP contribution in [0.2, 0.25) is 0 Å². The number of aromatic nitrogens is 2. The lowest BCUT2D eigenvalue weighted by molar-refractivity contribution is 0.334. The number of alkyl halides is 1. The van der Waals surface area contributed by atoms with E-state index in [4.69, 9.17) is 0 Å². The maximum Gasteiger partial charge on any atom is 0.117 e. The van der Waals surface area contributed by atoms with Crippen molar-refractivity contribution < 1.29 is 0 Å². The third-order valence-electron chi connectivity index (χ3n) is 4.47. The van der Waals surface area contributed by atoms with Crippen molar-refractivity contribution in [3.63, 3.8) is 0 Å². The van der Waals surface area contributed by atoms with Crippen LogP contribution < -0.4 is 0 Å². The first kappa shape index (κ1) is 15.3. The van der Waals surface area contributed by atoms with E-state index in [-0.39, 0.29) is 0 Å². The van der Waals surface area contributed by atoms with E-state index in [1.54, 1.807) is 6.33 Å².